The number of carbonyl (C=O) groups is 1. The van der Waals surface area contributed by atoms with E-state index in [2.05, 4.69) is 6.92 Å². The highest BCUT2D eigenvalue weighted by molar-refractivity contribution is 5.81. The number of carbonyl (C=O) groups excluding carboxylic acids is 1. The summed E-state index contributed by atoms with van der Waals surface area (Å²) < 4.78 is 0. The van der Waals surface area contributed by atoms with Gasteiger partial charge in [0.15, 0.2) is 0 Å². The summed E-state index contributed by atoms with van der Waals surface area (Å²) in [6.07, 6.45) is 4.09. The molecule has 1 fully saturated rings. The summed E-state index contributed by atoms with van der Waals surface area (Å²) >= 11 is 0. The van der Waals surface area contributed by atoms with Gasteiger partial charge in [0.1, 0.15) is 0 Å². The highest BCUT2D eigenvalue weighted by Gasteiger charge is 2.22. The molecule has 2 N–H and O–H groups in total. The summed E-state index contributed by atoms with van der Waals surface area (Å²) in [5, 5.41) is 0. The van der Waals surface area contributed by atoms with Crippen LogP contribution < -0.4 is 5.73 Å². The van der Waals surface area contributed by atoms with Gasteiger partial charge in [0.25, 0.3) is 0 Å². The molecule has 1 unspecified atom stereocenters. The fourth-order valence-corrected chi connectivity index (χ4v) is 1.63. The van der Waals surface area contributed by atoms with E-state index >= 15 is 0 Å². The average Bonchev–Trinajstić information content (AvgIpc) is 2.20. The first-order valence-electron chi connectivity index (χ1n) is 4.80. The molecule has 3 heteroatoms. The van der Waals surface area contributed by atoms with Crippen LogP contribution in [0.5, 0.6) is 0 Å². The lowest BCUT2D eigenvalue weighted by Gasteiger charge is -2.21. The number of rotatable bonds is 2. The lowest BCUT2D eigenvalue weighted by molar-refractivity contribution is -0.132. The van der Waals surface area contributed by atoms with Crippen LogP contribution in [-0.2, 0) is 4.79 Å². The van der Waals surface area contributed by atoms with Gasteiger partial charge in [0.05, 0.1) is 6.04 Å². The van der Waals surface area contributed by atoms with E-state index in [0.717, 1.165) is 38.8 Å². The van der Waals surface area contributed by atoms with Gasteiger partial charge in [0, 0.05) is 13.1 Å². The smallest absolute Gasteiger partial charge is 0.239 e. The Morgan fingerprint density at radius 1 is 1.58 bits per heavy atom. The fraction of sp³-hybridized carbons (Fsp3) is 0.889. The molecule has 12 heavy (non-hydrogen) atoms. The highest BCUT2D eigenvalue weighted by Crippen LogP contribution is 2.10. The molecule has 1 aliphatic heterocycles. The van der Waals surface area contributed by atoms with Crippen molar-refractivity contribution in [1.82, 2.24) is 4.90 Å². The van der Waals surface area contributed by atoms with Crippen LogP contribution in [0.15, 0.2) is 0 Å². The van der Waals surface area contributed by atoms with E-state index < -0.39 is 0 Å². The maximum atomic E-state index is 11.5. The van der Waals surface area contributed by atoms with E-state index in [-0.39, 0.29) is 11.9 Å². The normalized spacial score (nSPS) is 25.7. The molecule has 3 nitrogen and oxygen atoms in total. The van der Waals surface area contributed by atoms with Crippen LogP contribution in [-0.4, -0.2) is 29.9 Å². The number of likely N-dealkylation sites (tertiary alicyclic amines) is 1. The predicted octanol–water partition coefficient (Wildman–Crippen LogP) is 0.736. The molecule has 1 rings (SSSR count). The summed E-state index contributed by atoms with van der Waals surface area (Å²) in [5.41, 5.74) is 5.71. The largest absolute Gasteiger partial charge is 0.341 e. The van der Waals surface area contributed by atoms with Crippen molar-refractivity contribution >= 4 is 5.91 Å². The molecule has 0 aromatic heterocycles. The molecule has 0 spiro atoms. The summed E-state index contributed by atoms with van der Waals surface area (Å²) in [6, 6.07) is -0.237. The van der Waals surface area contributed by atoms with Crippen molar-refractivity contribution in [3.8, 4) is 0 Å². The average molecular weight is 170 g/mol. The van der Waals surface area contributed by atoms with Crippen molar-refractivity contribution in [2.45, 2.75) is 38.6 Å². The maximum Gasteiger partial charge on any atom is 0.239 e. The van der Waals surface area contributed by atoms with E-state index in [9.17, 15) is 4.79 Å². The zero-order valence-electron chi connectivity index (χ0n) is 7.75. The Bertz CT molecular complexity index is 159. The first-order valence-corrected chi connectivity index (χ1v) is 4.80. The van der Waals surface area contributed by atoms with E-state index in [4.69, 9.17) is 5.73 Å². The van der Waals surface area contributed by atoms with Crippen LogP contribution in [0.2, 0.25) is 0 Å². The van der Waals surface area contributed by atoms with Crippen LogP contribution in [0, 0.1) is 0 Å². The van der Waals surface area contributed by atoms with Gasteiger partial charge >= 0.3 is 0 Å². The Morgan fingerprint density at radius 2 is 2.33 bits per heavy atom. The Balaban J connectivity index is 2.52. The highest BCUT2D eigenvalue weighted by atomic mass is 16.2. The summed E-state index contributed by atoms with van der Waals surface area (Å²) in [6.45, 7) is 3.86. The molecule has 1 heterocycles. The van der Waals surface area contributed by atoms with E-state index in [1.165, 1.54) is 0 Å². The molecule has 0 aromatic rings. The molecule has 0 saturated carbocycles. The van der Waals surface area contributed by atoms with Crippen molar-refractivity contribution in [2.75, 3.05) is 13.1 Å². The Hall–Kier alpha value is -0.570. The molecule has 0 radical (unpaired) electrons. The van der Waals surface area contributed by atoms with Crippen LogP contribution in [0.3, 0.4) is 0 Å². The summed E-state index contributed by atoms with van der Waals surface area (Å²) in [5.74, 6) is 0.148. The topological polar surface area (TPSA) is 46.3 Å². The molecule has 0 aromatic carbocycles. The number of hydrogen-bond acceptors (Lipinski definition) is 2. The second kappa shape index (κ2) is 4.45. The maximum absolute atomic E-state index is 11.5. The van der Waals surface area contributed by atoms with Crippen LogP contribution in [0.4, 0.5) is 0 Å². The van der Waals surface area contributed by atoms with Gasteiger partial charge in [-0.15, -0.1) is 0 Å². The number of amides is 1. The molecule has 0 aliphatic carbocycles. The minimum atomic E-state index is -0.237. The second-order valence-corrected chi connectivity index (χ2v) is 3.43. The van der Waals surface area contributed by atoms with Crippen molar-refractivity contribution < 1.29 is 4.79 Å². The molecule has 1 amide bonds. The molecule has 1 atom stereocenters. The fourth-order valence-electron chi connectivity index (χ4n) is 1.63. The zero-order valence-corrected chi connectivity index (χ0v) is 7.75. The molecular formula is C9H18N2O. The van der Waals surface area contributed by atoms with Gasteiger partial charge in [-0.3, -0.25) is 4.79 Å². The standard InChI is InChI=1S/C9H18N2O/c1-2-6-11-7-4-3-5-8(10)9(11)12/h8H,2-7,10H2,1H3. The Labute approximate surface area is 73.9 Å². The van der Waals surface area contributed by atoms with Gasteiger partial charge in [-0.25, -0.2) is 0 Å². The monoisotopic (exact) mass is 170 g/mol. The van der Waals surface area contributed by atoms with Crippen molar-refractivity contribution in [1.29, 1.82) is 0 Å². The van der Waals surface area contributed by atoms with Crippen molar-refractivity contribution in [3.63, 3.8) is 0 Å². The van der Waals surface area contributed by atoms with Gasteiger partial charge in [-0.1, -0.05) is 6.92 Å². The minimum absolute atomic E-state index is 0.148. The van der Waals surface area contributed by atoms with E-state index in [1.807, 2.05) is 4.90 Å². The van der Waals surface area contributed by atoms with Gasteiger partial charge < -0.3 is 10.6 Å². The quantitative estimate of drug-likeness (QED) is 0.664. The van der Waals surface area contributed by atoms with Gasteiger partial charge in [-0.05, 0) is 25.7 Å². The van der Waals surface area contributed by atoms with E-state index in [1.54, 1.807) is 0 Å². The third-order valence-electron chi connectivity index (χ3n) is 2.32. The van der Waals surface area contributed by atoms with Crippen LogP contribution in [0.1, 0.15) is 32.6 Å². The number of nitrogens with two attached hydrogens (primary N) is 1. The third-order valence-corrected chi connectivity index (χ3v) is 2.32. The molecule has 0 bridgehead atoms. The van der Waals surface area contributed by atoms with E-state index in [0.29, 0.717) is 0 Å². The molecule has 1 aliphatic rings. The SMILES string of the molecule is CCCN1CCCCC(N)C1=O. The molecular weight excluding hydrogens is 152 g/mol. The summed E-state index contributed by atoms with van der Waals surface area (Å²) in [4.78, 5) is 13.4. The Kier molecular flexibility index (Phi) is 3.53. The number of hydrogen-bond donors (Lipinski definition) is 1. The first kappa shape index (κ1) is 9.52. The zero-order chi connectivity index (χ0) is 8.97. The van der Waals surface area contributed by atoms with Crippen LogP contribution in [0.25, 0.3) is 0 Å². The second-order valence-electron chi connectivity index (χ2n) is 3.43. The predicted molar refractivity (Wildman–Crippen MR) is 48.7 cm³/mol. The third kappa shape index (κ3) is 2.21. The minimum Gasteiger partial charge on any atom is -0.341 e. The lowest BCUT2D eigenvalue weighted by atomic mass is 10.1. The first-order chi connectivity index (χ1) is 5.75. The van der Waals surface area contributed by atoms with Gasteiger partial charge in [-0.2, -0.15) is 0 Å². The van der Waals surface area contributed by atoms with Crippen molar-refractivity contribution in [3.05, 3.63) is 0 Å². The molecule has 1 saturated heterocycles. The number of nitrogens with zero attached hydrogens (tertiary/aromatic N) is 1. The van der Waals surface area contributed by atoms with Crippen molar-refractivity contribution in [2.24, 2.45) is 5.73 Å². The van der Waals surface area contributed by atoms with Crippen LogP contribution >= 0.6 is 0 Å². The lowest BCUT2D eigenvalue weighted by Crippen LogP contribution is -2.42. The van der Waals surface area contributed by atoms with Gasteiger partial charge in [0.2, 0.25) is 5.91 Å². The molecule has 70 valence electrons. The Morgan fingerprint density at radius 3 is 3.00 bits per heavy atom. The summed E-state index contributed by atoms with van der Waals surface area (Å²) in [7, 11) is 0.